The van der Waals surface area contributed by atoms with E-state index < -0.39 is 0 Å². The predicted octanol–water partition coefficient (Wildman–Crippen LogP) is 3.63. The van der Waals surface area contributed by atoms with Crippen molar-refractivity contribution in [3.8, 4) is 6.07 Å². The van der Waals surface area contributed by atoms with Gasteiger partial charge in [0.1, 0.15) is 6.07 Å². The zero-order chi connectivity index (χ0) is 12.3. The third-order valence-electron chi connectivity index (χ3n) is 2.13. The van der Waals surface area contributed by atoms with E-state index in [4.69, 9.17) is 5.26 Å². The first-order valence-electron chi connectivity index (χ1n) is 4.74. The highest BCUT2D eigenvalue weighted by atomic mass is 79.9. The molecule has 5 heteroatoms. The average molecular weight is 307 g/mol. The van der Waals surface area contributed by atoms with Gasteiger partial charge in [0.2, 0.25) is 0 Å². The van der Waals surface area contributed by atoms with E-state index in [-0.39, 0.29) is 5.91 Å². The number of halogens is 1. The predicted molar refractivity (Wildman–Crippen MR) is 71.1 cm³/mol. The maximum absolute atomic E-state index is 11.8. The van der Waals surface area contributed by atoms with Gasteiger partial charge in [0, 0.05) is 9.85 Å². The van der Waals surface area contributed by atoms with Crippen molar-refractivity contribution in [3.63, 3.8) is 0 Å². The lowest BCUT2D eigenvalue weighted by atomic mass is 10.2. The lowest BCUT2D eigenvalue weighted by Gasteiger charge is -2.06. The first-order chi connectivity index (χ1) is 8.20. The molecule has 2 aromatic rings. The zero-order valence-corrected chi connectivity index (χ0v) is 11.0. The van der Waals surface area contributed by atoms with Gasteiger partial charge in [-0.05, 0) is 29.6 Å². The van der Waals surface area contributed by atoms with Crippen LogP contribution in [-0.4, -0.2) is 5.91 Å². The number of carbonyl (C=O) groups is 1. The highest BCUT2D eigenvalue weighted by molar-refractivity contribution is 9.10. The summed E-state index contributed by atoms with van der Waals surface area (Å²) in [6.07, 6.45) is 0. The fraction of sp³-hybridized carbons (Fsp3) is 0. The molecule has 17 heavy (non-hydrogen) atoms. The Bertz CT molecular complexity index is 587. The Kier molecular flexibility index (Phi) is 3.57. The third kappa shape index (κ3) is 2.73. The molecule has 3 nitrogen and oxygen atoms in total. The van der Waals surface area contributed by atoms with Crippen LogP contribution in [0.25, 0.3) is 0 Å². The Morgan fingerprint density at radius 2 is 2.24 bits per heavy atom. The largest absolute Gasteiger partial charge is 0.321 e. The van der Waals surface area contributed by atoms with Crippen LogP contribution in [0.1, 0.15) is 15.9 Å². The molecule has 1 amide bonds. The summed E-state index contributed by atoms with van der Waals surface area (Å²) in [5, 5.41) is 15.3. The second kappa shape index (κ2) is 5.13. The molecule has 0 aliphatic heterocycles. The van der Waals surface area contributed by atoms with Crippen molar-refractivity contribution in [2.24, 2.45) is 0 Å². The zero-order valence-electron chi connectivity index (χ0n) is 8.61. The molecule has 0 unspecified atom stereocenters. The van der Waals surface area contributed by atoms with E-state index in [0.717, 1.165) is 4.47 Å². The third-order valence-corrected chi connectivity index (χ3v) is 3.31. The monoisotopic (exact) mass is 306 g/mol. The Labute approximate surface area is 111 Å². The summed E-state index contributed by atoms with van der Waals surface area (Å²) in [7, 11) is 0. The quantitative estimate of drug-likeness (QED) is 0.921. The number of nitriles is 1. The topological polar surface area (TPSA) is 52.9 Å². The minimum Gasteiger partial charge on any atom is -0.321 e. The van der Waals surface area contributed by atoms with Gasteiger partial charge in [0.05, 0.1) is 16.8 Å². The Balaban J connectivity index is 2.27. The summed E-state index contributed by atoms with van der Waals surface area (Å²) < 4.78 is 0.817. The molecule has 0 atom stereocenters. The van der Waals surface area contributed by atoms with Gasteiger partial charge < -0.3 is 5.32 Å². The van der Waals surface area contributed by atoms with Gasteiger partial charge in [-0.15, -0.1) is 0 Å². The molecule has 0 aliphatic carbocycles. The maximum Gasteiger partial charge on any atom is 0.256 e. The number of nitrogens with zero attached hydrogens (tertiary/aromatic N) is 1. The van der Waals surface area contributed by atoms with Crippen molar-refractivity contribution in [1.82, 2.24) is 0 Å². The second-order valence-corrected chi connectivity index (χ2v) is 4.96. The maximum atomic E-state index is 11.8. The highest BCUT2D eigenvalue weighted by Crippen LogP contribution is 2.21. The lowest BCUT2D eigenvalue weighted by molar-refractivity contribution is 0.102. The van der Waals surface area contributed by atoms with Crippen LogP contribution >= 0.6 is 27.3 Å². The number of benzene rings is 1. The molecule has 1 aromatic heterocycles. The minimum atomic E-state index is -0.208. The molecule has 1 heterocycles. The van der Waals surface area contributed by atoms with Gasteiger partial charge in [-0.1, -0.05) is 15.9 Å². The van der Waals surface area contributed by atoms with Crippen LogP contribution in [0.15, 0.2) is 39.5 Å². The molecular weight excluding hydrogens is 300 g/mol. The van der Waals surface area contributed by atoms with E-state index in [9.17, 15) is 4.79 Å². The molecule has 0 spiro atoms. The molecule has 2 rings (SSSR count). The van der Waals surface area contributed by atoms with Gasteiger partial charge in [0.15, 0.2) is 0 Å². The highest BCUT2D eigenvalue weighted by Gasteiger charge is 2.09. The first-order valence-corrected chi connectivity index (χ1v) is 6.47. The van der Waals surface area contributed by atoms with Crippen molar-refractivity contribution in [3.05, 3.63) is 50.6 Å². The number of rotatable bonds is 2. The number of amides is 1. The normalized spacial score (nSPS) is 9.65. The molecule has 0 radical (unpaired) electrons. The van der Waals surface area contributed by atoms with Gasteiger partial charge >= 0.3 is 0 Å². The lowest BCUT2D eigenvalue weighted by Crippen LogP contribution is -2.11. The molecule has 0 fully saturated rings. The summed E-state index contributed by atoms with van der Waals surface area (Å²) >= 11 is 4.76. The summed E-state index contributed by atoms with van der Waals surface area (Å²) in [6, 6.07) is 8.91. The van der Waals surface area contributed by atoms with Gasteiger partial charge in [-0.2, -0.15) is 16.6 Å². The summed E-state index contributed by atoms with van der Waals surface area (Å²) in [6.45, 7) is 0. The van der Waals surface area contributed by atoms with Crippen molar-refractivity contribution in [2.75, 3.05) is 5.32 Å². The summed E-state index contributed by atoms with van der Waals surface area (Å²) in [5.41, 5.74) is 1.55. The SMILES string of the molecule is N#Cc1ccc(Br)cc1NC(=O)c1ccsc1. The van der Waals surface area contributed by atoms with E-state index in [1.54, 1.807) is 29.6 Å². The Morgan fingerprint density at radius 1 is 1.41 bits per heavy atom. The molecule has 1 aromatic carbocycles. The van der Waals surface area contributed by atoms with E-state index in [2.05, 4.69) is 21.2 Å². The number of thiophene rings is 1. The summed E-state index contributed by atoms with van der Waals surface area (Å²) in [4.78, 5) is 11.8. The standard InChI is InChI=1S/C12H7BrN2OS/c13-10-2-1-8(6-14)11(5-10)15-12(16)9-3-4-17-7-9/h1-5,7H,(H,15,16). The van der Waals surface area contributed by atoms with Crippen LogP contribution in [0.3, 0.4) is 0 Å². The fourth-order valence-electron chi connectivity index (χ4n) is 1.31. The van der Waals surface area contributed by atoms with Crippen LogP contribution < -0.4 is 5.32 Å². The molecule has 0 bridgehead atoms. The fourth-order valence-corrected chi connectivity index (χ4v) is 2.30. The number of anilines is 1. The molecule has 0 saturated carbocycles. The Morgan fingerprint density at radius 3 is 2.88 bits per heavy atom. The van der Waals surface area contributed by atoms with Crippen LogP contribution in [0, 0.1) is 11.3 Å². The summed E-state index contributed by atoms with van der Waals surface area (Å²) in [5.74, 6) is -0.208. The van der Waals surface area contributed by atoms with Crippen LogP contribution in [0.2, 0.25) is 0 Å². The van der Waals surface area contributed by atoms with Crippen molar-refractivity contribution in [1.29, 1.82) is 5.26 Å². The average Bonchev–Trinajstić information content (AvgIpc) is 2.83. The number of carbonyl (C=O) groups excluding carboxylic acids is 1. The number of nitrogens with one attached hydrogen (secondary N) is 1. The molecule has 1 N–H and O–H groups in total. The van der Waals surface area contributed by atoms with Crippen LogP contribution in [0.4, 0.5) is 5.69 Å². The molecule has 0 saturated heterocycles. The molecule has 0 aliphatic rings. The first kappa shape index (κ1) is 11.8. The van der Waals surface area contributed by atoms with Gasteiger partial charge in [-0.25, -0.2) is 0 Å². The van der Waals surface area contributed by atoms with E-state index >= 15 is 0 Å². The van der Waals surface area contributed by atoms with E-state index in [1.165, 1.54) is 11.3 Å². The second-order valence-electron chi connectivity index (χ2n) is 3.27. The Hall–Kier alpha value is -1.64. The van der Waals surface area contributed by atoms with Gasteiger partial charge in [0.25, 0.3) is 5.91 Å². The minimum absolute atomic E-state index is 0.208. The van der Waals surface area contributed by atoms with Crippen molar-refractivity contribution in [2.45, 2.75) is 0 Å². The van der Waals surface area contributed by atoms with Gasteiger partial charge in [-0.3, -0.25) is 4.79 Å². The van der Waals surface area contributed by atoms with Crippen LogP contribution in [-0.2, 0) is 0 Å². The molecule has 84 valence electrons. The van der Waals surface area contributed by atoms with Crippen molar-refractivity contribution >= 4 is 38.9 Å². The van der Waals surface area contributed by atoms with Crippen LogP contribution in [0.5, 0.6) is 0 Å². The van der Waals surface area contributed by atoms with E-state index in [0.29, 0.717) is 16.8 Å². The smallest absolute Gasteiger partial charge is 0.256 e. The van der Waals surface area contributed by atoms with E-state index in [1.807, 2.05) is 11.4 Å². The number of hydrogen-bond acceptors (Lipinski definition) is 3. The van der Waals surface area contributed by atoms with Crippen molar-refractivity contribution < 1.29 is 4.79 Å². The number of hydrogen-bond donors (Lipinski definition) is 1. The molecular formula is C12H7BrN2OS.